The third-order valence-corrected chi connectivity index (χ3v) is 8.85. The van der Waals surface area contributed by atoms with E-state index in [1.165, 1.54) is 11.1 Å². The van der Waals surface area contributed by atoms with Crippen LogP contribution in [0.2, 0.25) is 0 Å². The fourth-order valence-corrected chi connectivity index (χ4v) is 6.78. The first-order valence-electron chi connectivity index (χ1n) is 7.60. The highest BCUT2D eigenvalue weighted by molar-refractivity contribution is 8.04. The van der Waals surface area contributed by atoms with Crippen molar-refractivity contribution >= 4 is 59.0 Å². The first kappa shape index (κ1) is 20.1. The largest absolute Gasteiger partial charge is 0.456 e. The predicted molar refractivity (Wildman–Crippen MR) is 107 cm³/mol. The van der Waals surface area contributed by atoms with Gasteiger partial charge in [-0.2, -0.15) is 23.5 Å². The Morgan fingerprint density at radius 2 is 1.25 bits per heavy atom. The second-order valence-electron chi connectivity index (χ2n) is 5.59. The van der Waals surface area contributed by atoms with Crippen LogP contribution in [0.1, 0.15) is 0 Å². The van der Waals surface area contributed by atoms with Gasteiger partial charge in [-0.3, -0.25) is 0 Å². The maximum atomic E-state index is 11.8. The van der Waals surface area contributed by atoms with E-state index in [2.05, 4.69) is 13.2 Å². The highest BCUT2D eigenvalue weighted by Crippen LogP contribution is 2.27. The normalized spacial score (nSPS) is 25.5. The Kier molecular flexibility index (Phi) is 9.00. The van der Waals surface area contributed by atoms with Crippen LogP contribution < -0.4 is 0 Å². The maximum Gasteiger partial charge on any atom is 0.417 e. The Balaban J connectivity index is 1.65. The number of esters is 2. The first-order valence-corrected chi connectivity index (χ1v) is 12.0. The van der Waals surface area contributed by atoms with Crippen LogP contribution in [0.3, 0.4) is 0 Å². The Bertz CT molecular complexity index is 450. The Morgan fingerprint density at radius 1 is 0.833 bits per heavy atom. The van der Waals surface area contributed by atoms with E-state index in [0.717, 1.165) is 34.5 Å². The van der Waals surface area contributed by atoms with E-state index in [1.54, 1.807) is 47.0 Å². The topological polar surface area (TPSA) is 52.6 Å². The van der Waals surface area contributed by atoms with E-state index in [0.29, 0.717) is 0 Å². The SMILES string of the molecule is C=C1CSCC(COC(=O)C(=O)OCC2CSCC(=C)CS2)SC1. The lowest BCUT2D eigenvalue weighted by Crippen LogP contribution is -2.27. The van der Waals surface area contributed by atoms with E-state index in [9.17, 15) is 9.59 Å². The van der Waals surface area contributed by atoms with Crippen LogP contribution in [-0.4, -0.2) is 70.2 Å². The molecule has 2 aliphatic heterocycles. The summed E-state index contributed by atoms with van der Waals surface area (Å²) in [6.45, 7) is 8.44. The summed E-state index contributed by atoms with van der Waals surface area (Å²) in [6, 6.07) is 0. The molecule has 2 rings (SSSR count). The molecule has 134 valence electrons. The number of carbonyl (C=O) groups excluding carboxylic acids is 2. The number of ether oxygens (including phenoxy) is 2. The minimum absolute atomic E-state index is 0.200. The lowest BCUT2D eigenvalue weighted by molar-refractivity contribution is -0.167. The van der Waals surface area contributed by atoms with Crippen LogP contribution in [0.4, 0.5) is 0 Å². The quantitative estimate of drug-likeness (QED) is 0.401. The molecule has 0 radical (unpaired) electrons. The molecule has 2 atom stereocenters. The molecule has 0 aromatic heterocycles. The summed E-state index contributed by atoms with van der Waals surface area (Å²) in [5, 5.41) is 0.400. The standard InChI is InChI=1S/C16H22O4S4/c1-11-5-21-9-13(23-7-11)3-19-15(17)16(18)20-4-14-10-22-6-12(2)8-24-14/h13-14H,1-10H2. The van der Waals surface area contributed by atoms with Crippen LogP contribution >= 0.6 is 47.0 Å². The van der Waals surface area contributed by atoms with E-state index in [4.69, 9.17) is 9.47 Å². The predicted octanol–water partition coefficient (Wildman–Crippen LogP) is 2.88. The molecule has 0 N–H and O–H groups in total. The van der Waals surface area contributed by atoms with Crippen molar-refractivity contribution < 1.29 is 19.1 Å². The molecule has 2 heterocycles. The summed E-state index contributed by atoms with van der Waals surface area (Å²) in [7, 11) is 0. The molecule has 0 aromatic carbocycles. The van der Waals surface area contributed by atoms with Gasteiger partial charge in [0.05, 0.1) is 0 Å². The molecule has 24 heavy (non-hydrogen) atoms. The molecular formula is C16H22O4S4. The first-order chi connectivity index (χ1) is 11.5. The van der Waals surface area contributed by atoms with Crippen LogP contribution in [0.25, 0.3) is 0 Å². The van der Waals surface area contributed by atoms with Crippen LogP contribution in [-0.2, 0) is 19.1 Å². The summed E-state index contributed by atoms with van der Waals surface area (Å²) in [5.41, 5.74) is 2.39. The number of rotatable bonds is 4. The van der Waals surface area contributed by atoms with Crippen LogP contribution in [0.5, 0.6) is 0 Å². The second-order valence-corrected chi connectivity index (χ2v) is 10.2. The monoisotopic (exact) mass is 406 g/mol. The van der Waals surface area contributed by atoms with Crippen molar-refractivity contribution in [3.63, 3.8) is 0 Å². The van der Waals surface area contributed by atoms with Crippen LogP contribution in [0.15, 0.2) is 24.3 Å². The average molecular weight is 407 g/mol. The number of carbonyl (C=O) groups is 2. The van der Waals surface area contributed by atoms with Crippen molar-refractivity contribution in [3.05, 3.63) is 24.3 Å². The molecule has 4 nitrogen and oxygen atoms in total. The van der Waals surface area contributed by atoms with Crippen molar-refractivity contribution in [2.75, 3.05) is 47.7 Å². The van der Waals surface area contributed by atoms with Crippen molar-refractivity contribution in [2.45, 2.75) is 10.5 Å². The minimum atomic E-state index is -0.889. The zero-order chi connectivity index (χ0) is 17.4. The molecule has 0 amide bonds. The molecular weight excluding hydrogens is 384 g/mol. The Morgan fingerprint density at radius 3 is 1.67 bits per heavy atom. The molecule has 8 heteroatoms. The van der Waals surface area contributed by atoms with Crippen molar-refractivity contribution in [3.8, 4) is 0 Å². The van der Waals surface area contributed by atoms with Crippen molar-refractivity contribution in [1.29, 1.82) is 0 Å². The number of hydrogen-bond acceptors (Lipinski definition) is 8. The van der Waals surface area contributed by atoms with Gasteiger partial charge in [0.25, 0.3) is 0 Å². The van der Waals surface area contributed by atoms with Crippen molar-refractivity contribution in [2.24, 2.45) is 0 Å². The molecule has 2 aliphatic rings. The third-order valence-electron chi connectivity index (χ3n) is 3.23. The van der Waals surface area contributed by atoms with Gasteiger partial charge >= 0.3 is 11.9 Å². The molecule has 0 aromatic rings. The molecule has 0 spiro atoms. The lowest BCUT2D eigenvalue weighted by atomic mass is 10.4. The molecule has 2 saturated heterocycles. The second kappa shape index (κ2) is 10.7. The Labute approximate surface area is 160 Å². The summed E-state index contributed by atoms with van der Waals surface area (Å²) >= 11 is 7.01. The Hall–Kier alpha value is -0.180. The van der Waals surface area contributed by atoms with Gasteiger partial charge in [-0.1, -0.05) is 24.3 Å². The van der Waals surface area contributed by atoms with E-state index in [1.807, 2.05) is 0 Å². The van der Waals surface area contributed by atoms with Gasteiger partial charge in [-0.15, -0.1) is 23.5 Å². The van der Waals surface area contributed by atoms with Gasteiger partial charge in [0.1, 0.15) is 13.2 Å². The van der Waals surface area contributed by atoms with Crippen molar-refractivity contribution in [1.82, 2.24) is 0 Å². The third kappa shape index (κ3) is 7.37. The lowest BCUT2D eigenvalue weighted by Gasteiger charge is -2.14. The summed E-state index contributed by atoms with van der Waals surface area (Å²) in [6.07, 6.45) is 0. The fourth-order valence-electron chi connectivity index (χ4n) is 1.97. The van der Waals surface area contributed by atoms with E-state index < -0.39 is 11.9 Å². The average Bonchev–Trinajstić information content (AvgIpc) is 2.90. The maximum absolute atomic E-state index is 11.8. The van der Waals surface area contributed by atoms with Gasteiger partial charge in [0.2, 0.25) is 0 Å². The van der Waals surface area contributed by atoms with Gasteiger partial charge in [-0.05, 0) is 0 Å². The summed E-state index contributed by atoms with van der Waals surface area (Å²) in [4.78, 5) is 23.5. The molecule has 0 aliphatic carbocycles. The van der Waals surface area contributed by atoms with Gasteiger partial charge in [0.15, 0.2) is 0 Å². The molecule has 2 unspecified atom stereocenters. The van der Waals surface area contributed by atoms with Gasteiger partial charge in [-0.25, -0.2) is 9.59 Å². The molecule has 0 bridgehead atoms. The zero-order valence-corrected chi connectivity index (χ0v) is 16.8. The minimum Gasteiger partial charge on any atom is -0.456 e. The smallest absolute Gasteiger partial charge is 0.417 e. The summed E-state index contributed by atoms with van der Waals surface area (Å²) < 4.78 is 10.2. The fraction of sp³-hybridized carbons (Fsp3) is 0.625. The number of thioether (sulfide) groups is 4. The highest BCUT2D eigenvalue weighted by atomic mass is 32.2. The number of hydrogen-bond donors (Lipinski definition) is 0. The van der Waals surface area contributed by atoms with E-state index in [-0.39, 0.29) is 23.7 Å². The van der Waals surface area contributed by atoms with Gasteiger partial charge in [0, 0.05) is 45.0 Å². The molecule has 0 saturated carbocycles. The molecule has 2 fully saturated rings. The van der Waals surface area contributed by atoms with Crippen LogP contribution in [0, 0.1) is 0 Å². The van der Waals surface area contributed by atoms with E-state index >= 15 is 0 Å². The highest BCUT2D eigenvalue weighted by Gasteiger charge is 2.23. The zero-order valence-electron chi connectivity index (χ0n) is 13.5. The van der Waals surface area contributed by atoms with Gasteiger partial charge < -0.3 is 9.47 Å². The summed E-state index contributed by atoms with van der Waals surface area (Å²) in [5.74, 6) is 3.66.